The van der Waals surface area contributed by atoms with E-state index in [4.69, 9.17) is 10.8 Å². The molecule has 4 N–H and O–H groups in total. The Bertz CT molecular complexity index is 948. The summed E-state index contributed by atoms with van der Waals surface area (Å²) in [6, 6.07) is 13.5. The normalized spacial score (nSPS) is 10.6. The minimum absolute atomic E-state index is 0.0623. The summed E-state index contributed by atoms with van der Waals surface area (Å²) >= 11 is 0. The van der Waals surface area contributed by atoms with Crippen LogP contribution >= 0.6 is 0 Å². The number of benzene rings is 2. The zero-order chi connectivity index (χ0) is 19.2. The van der Waals surface area contributed by atoms with Crippen LogP contribution in [0.2, 0.25) is 0 Å². The zero-order valence-corrected chi connectivity index (χ0v) is 14.5. The molecule has 0 fully saturated rings. The highest BCUT2D eigenvalue weighted by molar-refractivity contribution is 5.95. The molecule has 3 aromatic rings. The molecule has 0 unspecified atom stereocenters. The van der Waals surface area contributed by atoms with Crippen molar-refractivity contribution in [2.24, 2.45) is 0 Å². The highest BCUT2D eigenvalue weighted by Gasteiger charge is 2.15. The summed E-state index contributed by atoms with van der Waals surface area (Å²) in [5.41, 5.74) is 7.98. The molecule has 0 saturated carbocycles. The topological polar surface area (TPSA) is 101 Å². The highest BCUT2D eigenvalue weighted by Crippen LogP contribution is 2.24. The predicted octanol–water partition coefficient (Wildman–Crippen LogP) is 2.33. The molecular formula is C20H19FN4O2. The molecule has 1 heterocycles. The summed E-state index contributed by atoms with van der Waals surface area (Å²) < 4.78 is 14.5. The number of hydrogen-bond acceptors (Lipinski definition) is 5. The monoisotopic (exact) mass is 366 g/mol. The van der Waals surface area contributed by atoms with Crippen molar-refractivity contribution in [1.82, 2.24) is 15.3 Å². The van der Waals surface area contributed by atoms with Gasteiger partial charge in [0.25, 0.3) is 5.91 Å². The number of carbonyl (C=O) groups is 1. The van der Waals surface area contributed by atoms with Crippen LogP contribution in [-0.2, 0) is 13.0 Å². The van der Waals surface area contributed by atoms with E-state index in [0.29, 0.717) is 29.9 Å². The first-order valence-corrected chi connectivity index (χ1v) is 8.43. The number of nitrogen functional groups attached to an aromatic ring is 1. The summed E-state index contributed by atoms with van der Waals surface area (Å²) in [7, 11) is 0. The van der Waals surface area contributed by atoms with Crippen molar-refractivity contribution in [3.8, 4) is 11.3 Å². The van der Waals surface area contributed by atoms with Gasteiger partial charge in [-0.3, -0.25) is 4.79 Å². The molecule has 0 aliphatic rings. The van der Waals surface area contributed by atoms with Gasteiger partial charge in [0, 0.05) is 25.1 Å². The van der Waals surface area contributed by atoms with Crippen LogP contribution < -0.4 is 11.1 Å². The Morgan fingerprint density at radius 2 is 1.96 bits per heavy atom. The number of nitrogens with two attached hydrogens (primary N) is 1. The van der Waals surface area contributed by atoms with E-state index in [-0.39, 0.29) is 18.0 Å². The van der Waals surface area contributed by atoms with Crippen molar-refractivity contribution in [3.05, 3.63) is 77.4 Å². The van der Waals surface area contributed by atoms with Crippen molar-refractivity contribution in [3.63, 3.8) is 0 Å². The third kappa shape index (κ3) is 4.45. The van der Waals surface area contributed by atoms with Gasteiger partial charge in [-0.05, 0) is 17.7 Å². The number of amides is 1. The fourth-order valence-electron chi connectivity index (χ4n) is 2.60. The Labute approximate surface area is 155 Å². The number of carbonyl (C=O) groups excluding carboxylic acids is 1. The molecule has 138 valence electrons. The third-order valence-electron chi connectivity index (χ3n) is 4.00. The lowest BCUT2D eigenvalue weighted by molar-refractivity contribution is 0.0947. The Balaban J connectivity index is 1.79. The van der Waals surface area contributed by atoms with E-state index >= 15 is 0 Å². The molecule has 0 atom stereocenters. The average molecular weight is 366 g/mol. The molecule has 0 aliphatic heterocycles. The van der Waals surface area contributed by atoms with Gasteiger partial charge in [0.1, 0.15) is 17.3 Å². The minimum Gasteiger partial charge on any atom is -0.396 e. The Hall–Kier alpha value is -3.32. The summed E-state index contributed by atoms with van der Waals surface area (Å²) in [6.45, 7) is 0.232. The molecule has 0 bridgehead atoms. The van der Waals surface area contributed by atoms with Gasteiger partial charge in [-0.1, -0.05) is 36.4 Å². The van der Waals surface area contributed by atoms with Crippen LogP contribution in [0.5, 0.6) is 0 Å². The van der Waals surface area contributed by atoms with E-state index in [0.717, 1.165) is 5.56 Å². The number of hydrogen-bond donors (Lipinski definition) is 3. The van der Waals surface area contributed by atoms with Crippen molar-refractivity contribution in [2.45, 2.75) is 13.0 Å². The summed E-state index contributed by atoms with van der Waals surface area (Å²) in [5, 5.41) is 11.7. The van der Waals surface area contributed by atoms with Crippen molar-refractivity contribution in [2.75, 3.05) is 12.3 Å². The second kappa shape index (κ2) is 8.37. The number of halogens is 1. The Kier molecular flexibility index (Phi) is 5.73. The van der Waals surface area contributed by atoms with E-state index in [1.165, 1.54) is 18.3 Å². The van der Waals surface area contributed by atoms with Gasteiger partial charge in [0.2, 0.25) is 0 Å². The lowest BCUT2D eigenvalue weighted by Gasteiger charge is -2.10. The minimum atomic E-state index is -0.674. The number of rotatable bonds is 6. The number of aliphatic hydroxyl groups is 1. The van der Waals surface area contributed by atoms with E-state index in [1.54, 1.807) is 6.07 Å². The summed E-state index contributed by atoms with van der Waals surface area (Å²) in [5.74, 6) is -1.03. The van der Waals surface area contributed by atoms with Crippen LogP contribution in [0.1, 0.15) is 21.6 Å². The highest BCUT2D eigenvalue weighted by atomic mass is 19.1. The van der Waals surface area contributed by atoms with Crippen LogP contribution in [0.4, 0.5) is 10.2 Å². The lowest BCUT2D eigenvalue weighted by atomic mass is 10.1. The Morgan fingerprint density at radius 1 is 1.19 bits per heavy atom. The van der Waals surface area contributed by atoms with Crippen molar-refractivity contribution >= 4 is 11.7 Å². The molecule has 0 saturated heterocycles. The smallest absolute Gasteiger partial charge is 0.254 e. The fraction of sp³-hybridized carbons (Fsp3) is 0.150. The van der Waals surface area contributed by atoms with E-state index in [1.807, 2.05) is 30.3 Å². The van der Waals surface area contributed by atoms with Crippen LogP contribution in [0.15, 0.2) is 54.7 Å². The maximum Gasteiger partial charge on any atom is 0.254 e. The first-order valence-electron chi connectivity index (χ1n) is 8.43. The first kappa shape index (κ1) is 18.5. The van der Waals surface area contributed by atoms with Crippen LogP contribution in [0.3, 0.4) is 0 Å². The van der Waals surface area contributed by atoms with Gasteiger partial charge < -0.3 is 16.2 Å². The number of aromatic nitrogens is 2. The maximum atomic E-state index is 14.5. The second-order valence-corrected chi connectivity index (χ2v) is 5.93. The summed E-state index contributed by atoms with van der Waals surface area (Å²) in [4.78, 5) is 20.6. The quantitative estimate of drug-likeness (QED) is 0.622. The van der Waals surface area contributed by atoms with Crippen LogP contribution in [0, 0.1) is 5.82 Å². The first-order chi connectivity index (χ1) is 13.1. The fourth-order valence-corrected chi connectivity index (χ4v) is 2.60. The van der Waals surface area contributed by atoms with Crippen LogP contribution in [-0.4, -0.2) is 27.6 Å². The predicted molar refractivity (Wildman–Crippen MR) is 100 cm³/mol. The molecule has 1 aromatic heterocycles. The van der Waals surface area contributed by atoms with Gasteiger partial charge >= 0.3 is 0 Å². The molecule has 2 aromatic carbocycles. The van der Waals surface area contributed by atoms with E-state index in [2.05, 4.69) is 15.3 Å². The number of aliphatic hydroxyl groups excluding tert-OH is 1. The molecular weight excluding hydrogens is 347 g/mol. The zero-order valence-electron chi connectivity index (χ0n) is 14.5. The van der Waals surface area contributed by atoms with Gasteiger partial charge in [-0.2, -0.15) is 0 Å². The third-order valence-corrected chi connectivity index (χ3v) is 4.00. The van der Waals surface area contributed by atoms with E-state index < -0.39 is 11.7 Å². The van der Waals surface area contributed by atoms with Gasteiger partial charge in [-0.15, -0.1) is 0 Å². The van der Waals surface area contributed by atoms with Gasteiger partial charge in [0.05, 0.1) is 17.5 Å². The number of anilines is 1. The average Bonchev–Trinajstić information content (AvgIpc) is 2.68. The number of nitrogens with zero attached hydrogens (tertiary/aromatic N) is 2. The standard InChI is InChI=1S/C20H19FN4O2/c21-17-10-14(18-19(22)23-12-15(25-18)8-9-26)6-7-16(17)20(27)24-11-13-4-2-1-3-5-13/h1-7,10,12,26H,8-9,11H2,(H2,22,23)(H,24,27). The molecule has 1 amide bonds. The molecule has 0 aliphatic carbocycles. The maximum absolute atomic E-state index is 14.5. The molecule has 3 rings (SSSR count). The van der Waals surface area contributed by atoms with Gasteiger partial charge in [0.15, 0.2) is 0 Å². The molecule has 0 spiro atoms. The second-order valence-electron chi connectivity index (χ2n) is 5.93. The van der Waals surface area contributed by atoms with Crippen molar-refractivity contribution in [1.29, 1.82) is 0 Å². The Morgan fingerprint density at radius 3 is 2.67 bits per heavy atom. The number of nitrogens with one attached hydrogen (secondary N) is 1. The molecule has 27 heavy (non-hydrogen) atoms. The lowest BCUT2D eigenvalue weighted by Crippen LogP contribution is -2.23. The largest absolute Gasteiger partial charge is 0.396 e. The molecule has 6 nitrogen and oxygen atoms in total. The molecule has 7 heteroatoms. The van der Waals surface area contributed by atoms with Gasteiger partial charge in [-0.25, -0.2) is 14.4 Å². The van der Waals surface area contributed by atoms with Crippen LogP contribution in [0.25, 0.3) is 11.3 Å². The SMILES string of the molecule is Nc1ncc(CCO)nc1-c1ccc(C(=O)NCc2ccccc2)c(F)c1. The molecule has 0 radical (unpaired) electrons. The summed E-state index contributed by atoms with van der Waals surface area (Å²) in [6.07, 6.45) is 1.79. The van der Waals surface area contributed by atoms with E-state index in [9.17, 15) is 9.18 Å². The van der Waals surface area contributed by atoms with Crippen molar-refractivity contribution < 1.29 is 14.3 Å².